The molecule has 0 bridgehead atoms. The van der Waals surface area contributed by atoms with E-state index in [2.05, 4.69) is 4.74 Å². The molecule has 0 spiro atoms. The first-order chi connectivity index (χ1) is 6.56. The van der Waals surface area contributed by atoms with Crippen molar-refractivity contribution in [3.63, 3.8) is 0 Å². The third-order valence-corrected chi connectivity index (χ3v) is 2.04. The molecule has 0 fully saturated rings. The van der Waals surface area contributed by atoms with E-state index in [9.17, 15) is 4.79 Å². The zero-order valence-electron chi connectivity index (χ0n) is 8.94. The Balaban J connectivity index is 3.15. The van der Waals surface area contributed by atoms with Gasteiger partial charge in [-0.25, -0.2) is 4.79 Å². The van der Waals surface area contributed by atoms with Crippen molar-refractivity contribution in [3.05, 3.63) is 24.0 Å². The molecule has 0 N–H and O–H groups in total. The van der Waals surface area contributed by atoms with Crippen LogP contribution in [-0.4, -0.2) is 27.2 Å². The molecule has 0 aliphatic heterocycles. The van der Waals surface area contributed by atoms with Gasteiger partial charge in [-0.3, -0.25) is 0 Å². The van der Waals surface area contributed by atoms with Gasteiger partial charge in [0.2, 0.25) is 0 Å². The minimum atomic E-state index is -0.323. The van der Waals surface area contributed by atoms with E-state index in [1.54, 1.807) is 10.6 Å². The first-order valence-corrected chi connectivity index (χ1v) is 4.31. The van der Waals surface area contributed by atoms with Crippen molar-refractivity contribution in [2.45, 2.75) is 0 Å². The lowest BCUT2D eigenvalue weighted by molar-refractivity contribution is -0.674. The monoisotopic (exact) mass is 195 g/mol. The summed E-state index contributed by atoms with van der Waals surface area (Å²) in [6.07, 6.45) is 1.83. The van der Waals surface area contributed by atoms with Crippen LogP contribution < -0.4 is 9.47 Å². The SMILES string of the molecule is COC(=O)c1cc(N(C)C)cc[n+]1C. The summed E-state index contributed by atoms with van der Waals surface area (Å²) in [4.78, 5) is 13.3. The lowest BCUT2D eigenvalue weighted by atomic mass is 10.3. The molecule has 0 radical (unpaired) electrons. The maximum atomic E-state index is 11.3. The highest BCUT2D eigenvalue weighted by Crippen LogP contribution is 2.10. The van der Waals surface area contributed by atoms with Gasteiger partial charge in [0.25, 0.3) is 5.69 Å². The number of rotatable bonds is 2. The molecule has 76 valence electrons. The molecule has 0 saturated carbocycles. The summed E-state index contributed by atoms with van der Waals surface area (Å²) in [6.45, 7) is 0. The Labute approximate surface area is 83.7 Å². The number of hydrogen-bond donors (Lipinski definition) is 0. The zero-order valence-corrected chi connectivity index (χ0v) is 8.94. The predicted octanol–water partition coefficient (Wildman–Crippen LogP) is 0.364. The van der Waals surface area contributed by atoms with Crippen LogP contribution >= 0.6 is 0 Å². The van der Waals surface area contributed by atoms with E-state index in [4.69, 9.17) is 0 Å². The molecule has 0 atom stereocenters. The minimum absolute atomic E-state index is 0.323. The molecule has 0 aromatic carbocycles. The summed E-state index contributed by atoms with van der Waals surface area (Å²) >= 11 is 0. The molecule has 4 heteroatoms. The summed E-state index contributed by atoms with van der Waals surface area (Å²) in [7, 11) is 7.04. The Morgan fingerprint density at radius 2 is 2.14 bits per heavy atom. The Morgan fingerprint density at radius 3 is 2.64 bits per heavy atom. The molecule has 1 rings (SSSR count). The van der Waals surface area contributed by atoms with Crippen LogP contribution in [0.3, 0.4) is 0 Å². The normalized spacial score (nSPS) is 9.71. The second-order valence-electron chi connectivity index (χ2n) is 3.27. The van der Waals surface area contributed by atoms with E-state index in [-0.39, 0.29) is 5.97 Å². The predicted molar refractivity (Wildman–Crippen MR) is 53.3 cm³/mol. The summed E-state index contributed by atoms with van der Waals surface area (Å²) < 4.78 is 6.41. The topological polar surface area (TPSA) is 33.4 Å². The van der Waals surface area contributed by atoms with Gasteiger partial charge in [-0.1, -0.05) is 0 Å². The van der Waals surface area contributed by atoms with Crippen molar-refractivity contribution < 1.29 is 14.1 Å². The number of carbonyl (C=O) groups is 1. The van der Waals surface area contributed by atoms with Gasteiger partial charge in [-0.05, 0) is 0 Å². The van der Waals surface area contributed by atoms with Gasteiger partial charge in [0.1, 0.15) is 7.05 Å². The second-order valence-corrected chi connectivity index (χ2v) is 3.27. The maximum absolute atomic E-state index is 11.3. The average molecular weight is 195 g/mol. The molecular formula is C10H15N2O2+. The fraction of sp³-hybridized carbons (Fsp3) is 0.400. The molecule has 0 aliphatic carbocycles. The highest BCUT2D eigenvalue weighted by molar-refractivity contribution is 5.86. The molecule has 1 heterocycles. The Bertz CT molecular complexity index is 348. The zero-order chi connectivity index (χ0) is 10.7. The number of esters is 1. The quantitative estimate of drug-likeness (QED) is 0.505. The van der Waals surface area contributed by atoms with E-state index in [1.165, 1.54) is 7.11 Å². The standard InChI is InChI=1S/C10H15N2O2/c1-11(2)8-5-6-12(3)9(7-8)10(13)14-4/h5-7H,1-4H3/q+1. The summed E-state index contributed by atoms with van der Waals surface area (Å²) in [5, 5.41) is 0. The number of methoxy groups -OCH3 is 1. The van der Waals surface area contributed by atoms with Gasteiger partial charge >= 0.3 is 5.97 Å². The van der Waals surface area contributed by atoms with Crippen LogP contribution in [0.25, 0.3) is 0 Å². The lowest BCUT2D eigenvalue weighted by Gasteiger charge is -2.11. The van der Waals surface area contributed by atoms with Crippen molar-refractivity contribution in [2.75, 3.05) is 26.1 Å². The molecule has 0 saturated heterocycles. The fourth-order valence-electron chi connectivity index (χ4n) is 1.14. The van der Waals surface area contributed by atoms with Crippen molar-refractivity contribution in [1.29, 1.82) is 0 Å². The van der Waals surface area contributed by atoms with E-state index in [0.717, 1.165) is 5.69 Å². The number of nitrogens with zero attached hydrogens (tertiary/aromatic N) is 2. The molecule has 0 amide bonds. The Hall–Kier alpha value is -1.58. The molecule has 1 aromatic rings. The van der Waals surface area contributed by atoms with Crippen LogP contribution in [0, 0.1) is 0 Å². The number of aromatic nitrogens is 1. The highest BCUT2D eigenvalue weighted by atomic mass is 16.5. The summed E-state index contributed by atoms with van der Waals surface area (Å²) in [5.74, 6) is -0.323. The van der Waals surface area contributed by atoms with Gasteiger partial charge in [0.05, 0.1) is 7.11 Å². The molecule has 4 nitrogen and oxygen atoms in total. The molecule has 14 heavy (non-hydrogen) atoms. The summed E-state index contributed by atoms with van der Waals surface area (Å²) in [6, 6.07) is 3.73. The van der Waals surface area contributed by atoms with Gasteiger partial charge < -0.3 is 9.64 Å². The van der Waals surface area contributed by atoms with Crippen molar-refractivity contribution in [3.8, 4) is 0 Å². The highest BCUT2D eigenvalue weighted by Gasteiger charge is 2.18. The van der Waals surface area contributed by atoms with Crippen LogP contribution in [-0.2, 0) is 11.8 Å². The number of anilines is 1. The van der Waals surface area contributed by atoms with Crippen LogP contribution in [0.4, 0.5) is 5.69 Å². The van der Waals surface area contributed by atoms with Crippen LogP contribution in [0.15, 0.2) is 18.3 Å². The van der Waals surface area contributed by atoms with Crippen molar-refractivity contribution in [2.24, 2.45) is 7.05 Å². The van der Waals surface area contributed by atoms with Crippen LogP contribution in [0.5, 0.6) is 0 Å². The number of hydrogen-bond acceptors (Lipinski definition) is 3. The van der Waals surface area contributed by atoms with Gasteiger partial charge in [0.15, 0.2) is 6.20 Å². The summed E-state index contributed by atoms with van der Waals surface area (Å²) in [5.41, 5.74) is 1.52. The minimum Gasteiger partial charge on any atom is -0.461 e. The average Bonchev–Trinajstić information content (AvgIpc) is 2.17. The second kappa shape index (κ2) is 4.09. The smallest absolute Gasteiger partial charge is 0.403 e. The number of carbonyl (C=O) groups excluding carboxylic acids is 1. The molecule has 0 unspecified atom stereocenters. The third-order valence-electron chi connectivity index (χ3n) is 2.04. The van der Waals surface area contributed by atoms with Gasteiger partial charge in [-0.15, -0.1) is 0 Å². The van der Waals surface area contributed by atoms with Crippen molar-refractivity contribution in [1.82, 2.24) is 0 Å². The number of aryl methyl sites for hydroxylation is 1. The van der Waals surface area contributed by atoms with Crippen LogP contribution in [0.1, 0.15) is 10.5 Å². The number of pyridine rings is 1. The lowest BCUT2D eigenvalue weighted by Crippen LogP contribution is -2.36. The molecule has 1 aromatic heterocycles. The third kappa shape index (κ3) is 2.02. The first-order valence-electron chi connectivity index (χ1n) is 4.31. The van der Waals surface area contributed by atoms with Crippen LogP contribution in [0.2, 0.25) is 0 Å². The Morgan fingerprint density at radius 1 is 1.50 bits per heavy atom. The molecular weight excluding hydrogens is 180 g/mol. The fourth-order valence-corrected chi connectivity index (χ4v) is 1.14. The Kier molecular flexibility index (Phi) is 3.06. The van der Waals surface area contributed by atoms with E-state index < -0.39 is 0 Å². The van der Waals surface area contributed by atoms with E-state index >= 15 is 0 Å². The van der Waals surface area contributed by atoms with E-state index in [1.807, 2.05) is 38.3 Å². The van der Waals surface area contributed by atoms with E-state index in [0.29, 0.717) is 5.69 Å². The van der Waals surface area contributed by atoms with Gasteiger partial charge in [-0.2, -0.15) is 4.57 Å². The number of ether oxygens (including phenoxy) is 1. The maximum Gasteiger partial charge on any atom is 0.403 e. The molecule has 0 aliphatic rings. The largest absolute Gasteiger partial charge is 0.461 e. The van der Waals surface area contributed by atoms with Crippen molar-refractivity contribution >= 4 is 11.7 Å². The van der Waals surface area contributed by atoms with Gasteiger partial charge in [0, 0.05) is 31.9 Å². The first kappa shape index (κ1) is 10.5.